The summed E-state index contributed by atoms with van der Waals surface area (Å²) in [7, 11) is 0. The van der Waals surface area contributed by atoms with E-state index >= 15 is 0 Å². The lowest BCUT2D eigenvalue weighted by molar-refractivity contribution is -0.357. The minimum absolute atomic E-state index is 0.715. The molecule has 1 aliphatic heterocycles. The Kier molecular flexibility index (Phi) is 4.87. The second-order valence-corrected chi connectivity index (χ2v) is 5.79. The summed E-state index contributed by atoms with van der Waals surface area (Å²) in [6.45, 7) is 2.33. The van der Waals surface area contributed by atoms with E-state index in [-0.39, 0.29) is 0 Å². The zero-order valence-corrected chi connectivity index (χ0v) is 12.7. The highest BCUT2D eigenvalue weighted by atomic mass is 35.5. The third-order valence-corrected chi connectivity index (χ3v) is 4.09. The van der Waals surface area contributed by atoms with Gasteiger partial charge in [0.05, 0.1) is 0 Å². The van der Waals surface area contributed by atoms with Crippen LogP contribution in [-0.2, 0) is 19.1 Å². The van der Waals surface area contributed by atoms with Crippen molar-refractivity contribution in [3.63, 3.8) is 0 Å². The molecule has 1 heterocycles. The van der Waals surface area contributed by atoms with Gasteiger partial charge in [-0.25, -0.2) is 0 Å². The van der Waals surface area contributed by atoms with Crippen molar-refractivity contribution in [2.24, 2.45) is 0 Å². The highest BCUT2D eigenvalue weighted by Gasteiger charge is 2.74. The molecule has 9 nitrogen and oxygen atoms in total. The fourth-order valence-electron chi connectivity index (χ4n) is 2.45. The normalized spacial score (nSPS) is 43.5. The topological polar surface area (TPSA) is 162 Å². The minimum Gasteiger partial charge on any atom is -0.382 e. The Morgan fingerprint density at radius 2 is 1.45 bits per heavy atom. The van der Waals surface area contributed by atoms with Crippen LogP contribution in [0.1, 0.15) is 20.8 Å². The number of carbonyl (C=O) groups excluding carboxylic acids is 3. The smallest absolute Gasteiger partial charge is 0.277 e. The van der Waals surface area contributed by atoms with Crippen LogP contribution in [0.3, 0.4) is 0 Å². The van der Waals surface area contributed by atoms with Crippen molar-refractivity contribution in [2.45, 2.75) is 55.5 Å². The zero-order valence-electron chi connectivity index (χ0n) is 12.0. The molecule has 0 spiro atoms. The van der Waals surface area contributed by atoms with Crippen molar-refractivity contribution in [1.82, 2.24) is 0 Å². The average molecular weight is 341 g/mol. The van der Waals surface area contributed by atoms with Crippen LogP contribution in [0.2, 0.25) is 0 Å². The number of aliphatic hydroxyl groups is 5. The van der Waals surface area contributed by atoms with Crippen LogP contribution in [0, 0.1) is 0 Å². The molecule has 0 aromatic heterocycles. The molecule has 0 bridgehead atoms. The number of alkyl halides is 1. The van der Waals surface area contributed by atoms with Gasteiger partial charge in [-0.15, -0.1) is 0 Å². The molecule has 10 heteroatoms. The van der Waals surface area contributed by atoms with Gasteiger partial charge in [0.2, 0.25) is 0 Å². The molecule has 0 radical (unpaired) electrons. The summed E-state index contributed by atoms with van der Waals surface area (Å²) < 4.78 is 4.65. The van der Waals surface area contributed by atoms with E-state index in [2.05, 4.69) is 4.74 Å². The largest absolute Gasteiger partial charge is 0.382 e. The standard InChI is InChI=1S/C12H17ClO9/c1-4(14)7(17)8-10(19,5(2)15)11(20,6(3)16)9(18)12(13,21)22-8/h7-9,17-21H,1-3H3/t7?,8-,9-,10-,11-,12-/m1/s1. The van der Waals surface area contributed by atoms with Crippen molar-refractivity contribution in [1.29, 1.82) is 0 Å². The Morgan fingerprint density at radius 1 is 1.05 bits per heavy atom. The Balaban J connectivity index is 3.68. The maximum Gasteiger partial charge on any atom is 0.277 e. The molecule has 1 saturated heterocycles. The lowest BCUT2D eigenvalue weighted by Crippen LogP contribution is -2.82. The monoisotopic (exact) mass is 340 g/mol. The van der Waals surface area contributed by atoms with Gasteiger partial charge in [0, 0.05) is 0 Å². The van der Waals surface area contributed by atoms with Crippen LogP contribution in [0.5, 0.6) is 0 Å². The zero-order chi connectivity index (χ0) is 17.7. The summed E-state index contributed by atoms with van der Waals surface area (Å²) in [5.41, 5.74) is -6.53. The quantitative estimate of drug-likeness (QED) is 0.341. The number of carbonyl (C=O) groups is 3. The number of rotatable bonds is 4. The Bertz CT molecular complexity index is 519. The second kappa shape index (κ2) is 5.60. The molecule has 1 unspecified atom stereocenters. The van der Waals surface area contributed by atoms with E-state index in [9.17, 15) is 39.9 Å². The van der Waals surface area contributed by atoms with Crippen LogP contribution < -0.4 is 0 Å². The number of hydrogen-bond donors (Lipinski definition) is 5. The maximum atomic E-state index is 11.8. The van der Waals surface area contributed by atoms with Crippen molar-refractivity contribution < 1.29 is 44.7 Å². The molecule has 1 fully saturated rings. The van der Waals surface area contributed by atoms with Gasteiger partial charge in [0.1, 0.15) is 12.2 Å². The second-order valence-electron chi connectivity index (χ2n) is 5.25. The van der Waals surface area contributed by atoms with E-state index in [1.807, 2.05) is 0 Å². The Morgan fingerprint density at radius 3 is 1.77 bits per heavy atom. The lowest BCUT2D eigenvalue weighted by Gasteiger charge is -2.54. The molecule has 0 amide bonds. The fraction of sp³-hybridized carbons (Fsp3) is 0.750. The predicted molar refractivity (Wildman–Crippen MR) is 69.6 cm³/mol. The van der Waals surface area contributed by atoms with Gasteiger partial charge >= 0.3 is 0 Å². The van der Waals surface area contributed by atoms with Gasteiger partial charge in [0.25, 0.3) is 5.25 Å². The summed E-state index contributed by atoms with van der Waals surface area (Å²) >= 11 is 5.45. The molecule has 1 rings (SSSR count). The summed E-state index contributed by atoms with van der Waals surface area (Å²) in [4.78, 5) is 34.9. The van der Waals surface area contributed by atoms with Crippen molar-refractivity contribution in [2.75, 3.05) is 0 Å². The number of aliphatic hydroxyl groups excluding tert-OH is 2. The number of Topliss-reactive ketones (excluding diaryl/α,β-unsaturated/α-hetero) is 3. The van der Waals surface area contributed by atoms with Crippen LogP contribution in [0.4, 0.5) is 0 Å². The van der Waals surface area contributed by atoms with Gasteiger partial charge < -0.3 is 30.3 Å². The Hall–Kier alpha value is -0.940. The molecule has 0 saturated carbocycles. The first-order chi connectivity index (χ1) is 9.74. The summed E-state index contributed by atoms with van der Waals surface area (Å²) in [6.07, 6.45) is -7.14. The summed E-state index contributed by atoms with van der Waals surface area (Å²) in [5.74, 6) is -3.62. The molecule has 0 aliphatic carbocycles. The minimum atomic E-state index is -3.31. The first kappa shape index (κ1) is 19.1. The van der Waals surface area contributed by atoms with Crippen LogP contribution in [0.25, 0.3) is 0 Å². The van der Waals surface area contributed by atoms with Crippen LogP contribution in [0.15, 0.2) is 0 Å². The third-order valence-electron chi connectivity index (χ3n) is 3.79. The lowest BCUT2D eigenvalue weighted by atomic mass is 9.67. The molecule has 0 aromatic carbocycles. The fourth-order valence-corrected chi connectivity index (χ4v) is 2.70. The van der Waals surface area contributed by atoms with E-state index in [0.717, 1.165) is 13.8 Å². The van der Waals surface area contributed by atoms with E-state index < -0.39 is 52.1 Å². The molecule has 1 aliphatic rings. The molecule has 5 N–H and O–H groups in total. The van der Waals surface area contributed by atoms with Crippen LogP contribution >= 0.6 is 11.6 Å². The molecular weight excluding hydrogens is 324 g/mol. The predicted octanol–water partition coefficient (Wildman–Crippen LogP) is -2.78. The highest BCUT2D eigenvalue weighted by molar-refractivity contribution is 6.23. The molecular formula is C12H17ClO9. The first-order valence-electron chi connectivity index (χ1n) is 6.17. The molecule has 6 atom stereocenters. The summed E-state index contributed by atoms with van der Waals surface area (Å²) in [5, 5.41) is 47.3. The van der Waals surface area contributed by atoms with Crippen LogP contribution in [-0.4, -0.2) is 77.6 Å². The van der Waals surface area contributed by atoms with Gasteiger partial charge in [0.15, 0.2) is 34.7 Å². The SMILES string of the molecule is CC(=O)C(O)[C@H]1O[C@@](O)(Cl)[C@H](O)[C@](O)(C(C)=O)[C@@]1(O)C(C)=O. The molecule has 126 valence electrons. The van der Waals surface area contributed by atoms with Crippen molar-refractivity contribution in [3.05, 3.63) is 0 Å². The third kappa shape index (κ3) is 2.38. The van der Waals surface area contributed by atoms with E-state index in [4.69, 9.17) is 11.6 Å². The number of ketones is 3. The average Bonchev–Trinajstić information content (AvgIpc) is 2.39. The number of ether oxygens (including phenoxy) is 1. The first-order valence-corrected chi connectivity index (χ1v) is 6.54. The maximum absolute atomic E-state index is 11.8. The highest BCUT2D eigenvalue weighted by Crippen LogP contribution is 2.45. The van der Waals surface area contributed by atoms with Gasteiger partial charge in [-0.2, -0.15) is 0 Å². The number of halogens is 1. The van der Waals surface area contributed by atoms with Gasteiger partial charge in [-0.3, -0.25) is 14.4 Å². The van der Waals surface area contributed by atoms with Crippen molar-refractivity contribution in [3.8, 4) is 0 Å². The Labute approximate surface area is 130 Å². The van der Waals surface area contributed by atoms with E-state index in [1.165, 1.54) is 0 Å². The molecule has 22 heavy (non-hydrogen) atoms. The summed E-state index contributed by atoms with van der Waals surface area (Å²) in [6, 6.07) is 0. The van der Waals surface area contributed by atoms with Crippen molar-refractivity contribution >= 4 is 29.0 Å². The van der Waals surface area contributed by atoms with Gasteiger partial charge in [-0.1, -0.05) is 11.6 Å². The van der Waals surface area contributed by atoms with E-state index in [0.29, 0.717) is 6.92 Å². The number of hydrogen-bond acceptors (Lipinski definition) is 9. The van der Waals surface area contributed by atoms with E-state index in [1.54, 1.807) is 0 Å². The molecule has 0 aromatic rings. The van der Waals surface area contributed by atoms with Gasteiger partial charge in [-0.05, 0) is 20.8 Å².